The van der Waals surface area contributed by atoms with Crippen molar-refractivity contribution in [3.63, 3.8) is 0 Å². The highest BCUT2D eigenvalue weighted by atomic mass is 35.5. The molecule has 0 radical (unpaired) electrons. The molecule has 0 atom stereocenters. The summed E-state index contributed by atoms with van der Waals surface area (Å²) in [6.45, 7) is 3.97. The lowest BCUT2D eigenvalue weighted by Crippen LogP contribution is -2.16. The summed E-state index contributed by atoms with van der Waals surface area (Å²) < 4.78 is 6.33. The molecule has 0 bridgehead atoms. The second-order valence-electron chi connectivity index (χ2n) is 3.11. The van der Waals surface area contributed by atoms with Crippen molar-refractivity contribution in [3.8, 4) is 0 Å². The van der Waals surface area contributed by atoms with Crippen molar-refractivity contribution in [1.82, 2.24) is 9.78 Å². The maximum atomic E-state index is 11.3. The van der Waals surface area contributed by atoms with Crippen LogP contribution in [0.1, 0.15) is 11.4 Å². The van der Waals surface area contributed by atoms with Crippen molar-refractivity contribution >= 4 is 17.4 Å². The third-order valence-electron chi connectivity index (χ3n) is 1.92. The van der Waals surface area contributed by atoms with Crippen LogP contribution in [0.25, 0.3) is 0 Å². The van der Waals surface area contributed by atoms with E-state index in [2.05, 4.69) is 5.10 Å². The van der Waals surface area contributed by atoms with Crippen LogP contribution in [0.3, 0.4) is 0 Å². The Morgan fingerprint density at radius 1 is 1.57 bits per heavy atom. The lowest BCUT2D eigenvalue weighted by Gasteiger charge is -2.02. The minimum absolute atomic E-state index is 0.0187. The Balaban J connectivity index is 2.77. The molecule has 0 aromatic carbocycles. The van der Waals surface area contributed by atoms with E-state index in [0.717, 1.165) is 11.4 Å². The molecule has 1 aromatic rings. The van der Waals surface area contributed by atoms with E-state index in [1.54, 1.807) is 4.68 Å². The second-order valence-corrected chi connectivity index (χ2v) is 3.49. The van der Waals surface area contributed by atoms with Gasteiger partial charge in [-0.2, -0.15) is 5.10 Å². The SMILES string of the molecule is COCC(=O)Cn1nc(C)c(Cl)c1C. The van der Waals surface area contributed by atoms with Crippen LogP contribution in [0, 0.1) is 13.8 Å². The molecule has 0 amide bonds. The van der Waals surface area contributed by atoms with Gasteiger partial charge in [0, 0.05) is 7.11 Å². The molecule has 0 saturated heterocycles. The first-order valence-corrected chi connectivity index (χ1v) is 4.64. The van der Waals surface area contributed by atoms with Gasteiger partial charge in [-0.05, 0) is 13.8 Å². The van der Waals surface area contributed by atoms with E-state index in [0.29, 0.717) is 5.02 Å². The first-order chi connectivity index (χ1) is 6.56. The maximum absolute atomic E-state index is 11.3. The first-order valence-electron chi connectivity index (χ1n) is 4.26. The topological polar surface area (TPSA) is 44.1 Å². The van der Waals surface area contributed by atoms with Gasteiger partial charge in [0.05, 0.1) is 16.4 Å². The van der Waals surface area contributed by atoms with Gasteiger partial charge in [0.15, 0.2) is 5.78 Å². The fourth-order valence-corrected chi connectivity index (χ4v) is 1.34. The maximum Gasteiger partial charge on any atom is 0.179 e. The van der Waals surface area contributed by atoms with E-state index in [1.807, 2.05) is 13.8 Å². The Morgan fingerprint density at radius 2 is 2.21 bits per heavy atom. The van der Waals surface area contributed by atoms with Crippen LogP contribution in [0.4, 0.5) is 0 Å². The monoisotopic (exact) mass is 216 g/mol. The minimum atomic E-state index is -0.0187. The van der Waals surface area contributed by atoms with E-state index in [9.17, 15) is 4.79 Å². The Labute approximate surface area is 87.8 Å². The molecule has 5 heteroatoms. The van der Waals surface area contributed by atoms with Crippen molar-refractivity contribution in [2.45, 2.75) is 20.4 Å². The summed E-state index contributed by atoms with van der Waals surface area (Å²) in [5.41, 5.74) is 1.56. The molecule has 1 rings (SSSR count). The average Bonchev–Trinajstić information content (AvgIpc) is 2.34. The summed E-state index contributed by atoms with van der Waals surface area (Å²) >= 11 is 5.93. The van der Waals surface area contributed by atoms with E-state index in [4.69, 9.17) is 16.3 Å². The fourth-order valence-electron chi connectivity index (χ4n) is 1.20. The van der Waals surface area contributed by atoms with Gasteiger partial charge in [-0.3, -0.25) is 9.48 Å². The zero-order valence-electron chi connectivity index (χ0n) is 8.50. The average molecular weight is 217 g/mol. The first kappa shape index (κ1) is 11.2. The van der Waals surface area contributed by atoms with Crippen molar-refractivity contribution in [2.24, 2.45) is 0 Å². The molecule has 78 valence electrons. The number of aromatic nitrogens is 2. The lowest BCUT2D eigenvalue weighted by molar-refractivity contribution is -0.123. The summed E-state index contributed by atoms with van der Waals surface area (Å²) in [4.78, 5) is 11.3. The van der Waals surface area contributed by atoms with Crippen LogP contribution in [0.15, 0.2) is 0 Å². The molecule has 1 aromatic heterocycles. The molecular formula is C9H13ClN2O2. The molecular weight excluding hydrogens is 204 g/mol. The van der Waals surface area contributed by atoms with Gasteiger partial charge in [-0.15, -0.1) is 0 Å². The summed E-state index contributed by atoms with van der Waals surface area (Å²) in [5, 5.41) is 4.76. The van der Waals surface area contributed by atoms with Gasteiger partial charge in [-0.25, -0.2) is 0 Å². The fraction of sp³-hybridized carbons (Fsp3) is 0.556. The molecule has 4 nitrogen and oxygen atoms in total. The van der Waals surface area contributed by atoms with Crippen LogP contribution in [-0.4, -0.2) is 29.3 Å². The van der Waals surface area contributed by atoms with Crippen molar-refractivity contribution < 1.29 is 9.53 Å². The molecule has 0 spiro atoms. The molecule has 1 heterocycles. The molecule has 0 saturated carbocycles. The van der Waals surface area contributed by atoms with E-state index in [1.165, 1.54) is 7.11 Å². The van der Waals surface area contributed by atoms with E-state index < -0.39 is 0 Å². The van der Waals surface area contributed by atoms with Crippen molar-refractivity contribution in [3.05, 3.63) is 16.4 Å². The second kappa shape index (κ2) is 4.57. The minimum Gasteiger partial charge on any atom is -0.377 e. The highest BCUT2D eigenvalue weighted by molar-refractivity contribution is 6.31. The van der Waals surface area contributed by atoms with Gasteiger partial charge >= 0.3 is 0 Å². The molecule has 0 aliphatic heterocycles. The number of halogens is 1. The van der Waals surface area contributed by atoms with Crippen molar-refractivity contribution in [2.75, 3.05) is 13.7 Å². The van der Waals surface area contributed by atoms with Crippen LogP contribution >= 0.6 is 11.6 Å². The number of ketones is 1. The summed E-state index contributed by atoms with van der Waals surface area (Å²) in [5.74, 6) is -0.0187. The predicted octanol–water partition coefficient (Wildman–Crippen LogP) is 1.37. The number of rotatable bonds is 4. The highest BCUT2D eigenvalue weighted by Gasteiger charge is 2.11. The third kappa shape index (κ3) is 2.33. The smallest absolute Gasteiger partial charge is 0.179 e. The third-order valence-corrected chi connectivity index (χ3v) is 2.47. The zero-order valence-corrected chi connectivity index (χ0v) is 9.26. The summed E-state index contributed by atoms with van der Waals surface area (Å²) in [6, 6.07) is 0. The number of nitrogens with zero attached hydrogens (tertiary/aromatic N) is 2. The number of hydrogen-bond acceptors (Lipinski definition) is 3. The van der Waals surface area contributed by atoms with Crippen LogP contribution < -0.4 is 0 Å². The predicted molar refractivity (Wildman–Crippen MR) is 53.6 cm³/mol. The standard InChI is InChI=1S/C9H13ClN2O2/c1-6-9(10)7(2)12(11-6)4-8(13)5-14-3/h4-5H2,1-3H3. The Morgan fingerprint density at radius 3 is 2.64 bits per heavy atom. The molecule has 14 heavy (non-hydrogen) atoms. The number of carbonyl (C=O) groups is 1. The van der Waals surface area contributed by atoms with E-state index in [-0.39, 0.29) is 18.9 Å². The van der Waals surface area contributed by atoms with Crippen LogP contribution in [0.5, 0.6) is 0 Å². The normalized spacial score (nSPS) is 10.6. The number of ether oxygens (including phenoxy) is 1. The van der Waals surface area contributed by atoms with E-state index >= 15 is 0 Å². The molecule has 0 fully saturated rings. The summed E-state index contributed by atoms with van der Waals surface area (Å²) in [6.07, 6.45) is 0. The lowest BCUT2D eigenvalue weighted by atomic mass is 10.4. The molecule has 0 aliphatic rings. The summed E-state index contributed by atoms with van der Waals surface area (Å²) in [7, 11) is 1.49. The number of Topliss-reactive ketones (excluding diaryl/α,β-unsaturated/α-hetero) is 1. The number of hydrogen-bond donors (Lipinski definition) is 0. The van der Waals surface area contributed by atoms with Crippen LogP contribution in [0.2, 0.25) is 5.02 Å². The van der Waals surface area contributed by atoms with Crippen LogP contribution in [-0.2, 0) is 16.1 Å². The largest absolute Gasteiger partial charge is 0.377 e. The Bertz CT molecular complexity index is 347. The van der Waals surface area contributed by atoms with Gasteiger partial charge in [0.25, 0.3) is 0 Å². The number of aryl methyl sites for hydroxylation is 1. The molecule has 0 aliphatic carbocycles. The Kier molecular flexibility index (Phi) is 3.66. The van der Waals surface area contributed by atoms with Gasteiger partial charge < -0.3 is 4.74 Å². The highest BCUT2D eigenvalue weighted by Crippen LogP contribution is 2.18. The van der Waals surface area contributed by atoms with Gasteiger partial charge in [0.1, 0.15) is 13.2 Å². The zero-order chi connectivity index (χ0) is 10.7. The number of carbonyl (C=O) groups excluding carboxylic acids is 1. The van der Waals surface area contributed by atoms with Gasteiger partial charge in [0.2, 0.25) is 0 Å². The Hall–Kier alpha value is -0.870. The molecule has 0 unspecified atom stereocenters. The van der Waals surface area contributed by atoms with Gasteiger partial charge in [-0.1, -0.05) is 11.6 Å². The number of methoxy groups -OCH3 is 1. The quantitative estimate of drug-likeness (QED) is 0.764. The molecule has 0 N–H and O–H groups in total. The van der Waals surface area contributed by atoms with Crippen molar-refractivity contribution in [1.29, 1.82) is 0 Å².